The summed E-state index contributed by atoms with van der Waals surface area (Å²) in [4.78, 5) is 7.30. The quantitative estimate of drug-likeness (QED) is 0.742. The molecule has 96 valence electrons. The average Bonchev–Trinajstić information content (AvgIpc) is 2.81. The number of nitrogens with zero attached hydrogens (tertiary/aromatic N) is 1. The van der Waals surface area contributed by atoms with Crippen molar-refractivity contribution in [3.8, 4) is 22.9 Å². The van der Waals surface area contributed by atoms with E-state index in [2.05, 4.69) is 9.97 Å². The Kier molecular flexibility index (Phi) is 2.59. The van der Waals surface area contributed by atoms with Crippen LogP contribution in [-0.2, 0) is 0 Å². The molecular weight excluding hydrogens is 247 g/mol. The summed E-state index contributed by atoms with van der Waals surface area (Å²) in [5, 5.41) is 10.1. The van der Waals surface area contributed by atoms with Gasteiger partial charge in [-0.1, -0.05) is 6.07 Å². The van der Waals surface area contributed by atoms with Gasteiger partial charge in [-0.2, -0.15) is 0 Å². The molecule has 2 aromatic carbocycles. The van der Waals surface area contributed by atoms with Gasteiger partial charge in [0.05, 0.1) is 23.7 Å². The van der Waals surface area contributed by atoms with Crippen molar-refractivity contribution in [1.29, 1.82) is 0 Å². The lowest BCUT2D eigenvalue weighted by Gasteiger charge is -2.06. The van der Waals surface area contributed by atoms with Crippen molar-refractivity contribution in [2.24, 2.45) is 0 Å². The van der Waals surface area contributed by atoms with Crippen molar-refractivity contribution in [1.82, 2.24) is 9.97 Å². The summed E-state index contributed by atoms with van der Waals surface area (Å²) in [6, 6.07) is 9.41. The maximum Gasteiger partial charge on any atom is 0.168 e. The number of aromatic nitrogens is 2. The largest absolute Gasteiger partial charge is 0.504 e. The number of rotatable bonds is 2. The first-order chi connectivity index (χ1) is 9.19. The number of hydrogen-bond acceptors (Lipinski definition) is 3. The van der Waals surface area contributed by atoms with Gasteiger partial charge in [-0.3, -0.25) is 0 Å². The van der Waals surface area contributed by atoms with E-state index in [-0.39, 0.29) is 11.6 Å². The highest BCUT2D eigenvalue weighted by Gasteiger charge is 2.13. The van der Waals surface area contributed by atoms with Gasteiger partial charge < -0.3 is 14.8 Å². The van der Waals surface area contributed by atoms with E-state index in [1.54, 1.807) is 24.3 Å². The Bertz CT molecular complexity index is 752. The van der Waals surface area contributed by atoms with Gasteiger partial charge in [0, 0.05) is 0 Å². The predicted octanol–water partition coefficient (Wildman–Crippen LogP) is 3.08. The monoisotopic (exact) mass is 258 g/mol. The number of H-pyrrole nitrogens is 1. The van der Waals surface area contributed by atoms with Gasteiger partial charge in [-0.25, -0.2) is 9.37 Å². The number of para-hydroxylation sites is 1. The van der Waals surface area contributed by atoms with Crippen LogP contribution in [-0.4, -0.2) is 22.2 Å². The number of aromatic amines is 1. The van der Waals surface area contributed by atoms with Crippen LogP contribution < -0.4 is 4.74 Å². The third kappa shape index (κ3) is 1.89. The summed E-state index contributed by atoms with van der Waals surface area (Å²) in [5.74, 6) is 0.503. The number of benzene rings is 2. The molecule has 0 unspecified atom stereocenters. The zero-order valence-electron chi connectivity index (χ0n) is 10.1. The van der Waals surface area contributed by atoms with Crippen molar-refractivity contribution in [2.45, 2.75) is 0 Å². The van der Waals surface area contributed by atoms with E-state index in [4.69, 9.17) is 4.74 Å². The minimum Gasteiger partial charge on any atom is -0.504 e. The summed E-state index contributed by atoms with van der Waals surface area (Å²) in [7, 11) is 1.48. The number of nitrogens with one attached hydrogen (secondary N) is 1. The standard InChI is InChI=1S/C14H11FN2O2/c1-19-12-4-2-3-9(13(12)18)14-16-10-6-5-8(15)7-11(10)17-14/h2-7,18H,1H3,(H,16,17). The summed E-state index contributed by atoms with van der Waals surface area (Å²) < 4.78 is 18.2. The van der Waals surface area contributed by atoms with Crippen LogP contribution in [0.4, 0.5) is 4.39 Å². The number of hydrogen-bond donors (Lipinski definition) is 2. The number of ether oxygens (including phenoxy) is 1. The first-order valence-corrected chi connectivity index (χ1v) is 5.70. The van der Waals surface area contributed by atoms with Crippen molar-refractivity contribution in [3.05, 3.63) is 42.2 Å². The Labute approximate surface area is 108 Å². The average molecular weight is 258 g/mol. The number of phenols is 1. The molecule has 0 atom stereocenters. The lowest BCUT2D eigenvalue weighted by Crippen LogP contribution is -1.87. The molecule has 0 saturated carbocycles. The van der Waals surface area contributed by atoms with Crippen LogP contribution >= 0.6 is 0 Å². The minimum atomic E-state index is -0.336. The Balaban J connectivity index is 2.19. The number of aromatic hydroxyl groups is 1. The fraction of sp³-hybridized carbons (Fsp3) is 0.0714. The van der Waals surface area contributed by atoms with E-state index in [1.807, 2.05) is 0 Å². The van der Waals surface area contributed by atoms with Gasteiger partial charge in [0.1, 0.15) is 11.6 Å². The van der Waals surface area contributed by atoms with Crippen molar-refractivity contribution in [3.63, 3.8) is 0 Å². The van der Waals surface area contributed by atoms with Crippen LogP contribution in [0.1, 0.15) is 0 Å². The molecule has 0 saturated heterocycles. The van der Waals surface area contributed by atoms with Crippen molar-refractivity contribution < 1.29 is 14.2 Å². The molecule has 1 heterocycles. The molecule has 1 aromatic heterocycles. The van der Waals surface area contributed by atoms with Gasteiger partial charge in [0.25, 0.3) is 0 Å². The van der Waals surface area contributed by atoms with E-state index in [9.17, 15) is 9.50 Å². The maximum atomic E-state index is 13.1. The highest BCUT2D eigenvalue weighted by molar-refractivity contribution is 5.81. The van der Waals surface area contributed by atoms with E-state index in [0.717, 1.165) is 0 Å². The third-order valence-corrected chi connectivity index (χ3v) is 2.92. The van der Waals surface area contributed by atoms with Crippen molar-refractivity contribution >= 4 is 11.0 Å². The molecule has 3 aromatic rings. The molecule has 0 radical (unpaired) electrons. The molecule has 0 bridgehead atoms. The van der Waals surface area contributed by atoms with Gasteiger partial charge in [0.15, 0.2) is 11.5 Å². The van der Waals surface area contributed by atoms with Crippen LogP contribution in [0.25, 0.3) is 22.4 Å². The predicted molar refractivity (Wildman–Crippen MR) is 69.7 cm³/mol. The lowest BCUT2D eigenvalue weighted by molar-refractivity contribution is 0.374. The summed E-state index contributed by atoms with van der Waals surface area (Å²) in [6.07, 6.45) is 0. The molecule has 0 fully saturated rings. The number of imidazole rings is 1. The van der Waals surface area contributed by atoms with Crippen LogP contribution in [0.15, 0.2) is 36.4 Å². The zero-order valence-corrected chi connectivity index (χ0v) is 10.1. The van der Waals surface area contributed by atoms with Gasteiger partial charge in [-0.15, -0.1) is 0 Å². The van der Waals surface area contributed by atoms with Crippen LogP contribution in [0.3, 0.4) is 0 Å². The summed E-state index contributed by atoms with van der Waals surface area (Å²) in [6.45, 7) is 0. The summed E-state index contributed by atoms with van der Waals surface area (Å²) in [5.41, 5.74) is 1.73. The second-order valence-corrected chi connectivity index (χ2v) is 4.10. The van der Waals surface area contributed by atoms with E-state index >= 15 is 0 Å². The highest BCUT2D eigenvalue weighted by Crippen LogP contribution is 2.36. The molecule has 4 nitrogen and oxygen atoms in total. The third-order valence-electron chi connectivity index (χ3n) is 2.92. The van der Waals surface area contributed by atoms with Crippen LogP contribution in [0.2, 0.25) is 0 Å². The molecule has 0 aliphatic heterocycles. The number of fused-ring (bicyclic) bond motifs is 1. The topological polar surface area (TPSA) is 58.1 Å². The highest BCUT2D eigenvalue weighted by atomic mass is 19.1. The van der Waals surface area contributed by atoms with Crippen LogP contribution in [0.5, 0.6) is 11.5 Å². The SMILES string of the molecule is COc1cccc(-c2nc3ccc(F)cc3[nH]2)c1O. The van der Waals surface area contributed by atoms with E-state index in [0.29, 0.717) is 28.2 Å². The molecule has 0 amide bonds. The molecule has 5 heteroatoms. The Morgan fingerprint density at radius 3 is 2.89 bits per heavy atom. The zero-order chi connectivity index (χ0) is 13.4. The Morgan fingerprint density at radius 2 is 2.11 bits per heavy atom. The molecule has 0 aliphatic carbocycles. The van der Waals surface area contributed by atoms with Crippen molar-refractivity contribution in [2.75, 3.05) is 7.11 Å². The number of halogens is 1. The fourth-order valence-electron chi connectivity index (χ4n) is 1.99. The minimum absolute atomic E-state index is 0.00419. The van der Waals surface area contributed by atoms with Gasteiger partial charge >= 0.3 is 0 Å². The smallest absolute Gasteiger partial charge is 0.168 e. The second-order valence-electron chi connectivity index (χ2n) is 4.10. The fourth-order valence-corrected chi connectivity index (χ4v) is 1.99. The first-order valence-electron chi connectivity index (χ1n) is 5.70. The van der Waals surface area contributed by atoms with E-state index in [1.165, 1.54) is 19.2 Å². The molecule has 0 spiro atoms. The molecule has 0 aliphatic rings. The number of phenolic OH excluding ortho intramolecular Hbond substituents is 1. The lowest BCUT2D eigenvalue weighted by atomic mass is 10.2. The summed E-state index contributed by atoms with van der Waals surface area (Å²) >= 11 is 0. The molecule has 3 rings (SSSR count). The first kappa shape index (κ1) is 11.5. The van der Waals surface area contributed by atoms with E-state index < -0.39 is 0 Å². The number of methoxy groups -OCH3 is 1. The normalized spacial score (nSPS) is 10.8. The maximum absolute atomic E-state index is 13.1. The second kappa shape index (κ2) is 4.28. The van der Waals surface area contributed by atoms with Gasteiger partial charge in [0.2, 0.25) is 0 Å². The molecular formula is C14H11FN2O2. The molecule has 19 heavy (non-hydrogen) atoms. The Morgan fingerprint density at radius 1 is 1.26 bits per heavy atom. The Hall–Kier alpha value is -2.56. The van der Waals surface area contributed by atoms with Gasteiger partial charge in [-0.05, 0) is 30.3 Å². The molecule has 2 N–H and O–H groups in total. The van der Waals surface area contributed by atoms with Crippen LogP contribution in [0, 0.1) is 5.82 Å².